The van der Waals surface area contributed by atoms with Crippen molar-refractivity contribution in [3.63, 3.8) is 0 Å². The van der Waals surface area contributed by atoms with Gasteiger partial charge in [0.15, 0.2) is 0 Å². The summed E-state index contributed by atoms with van der Waals surface area (Å²) in [5, 5.41) is 0. The van der Waals surface area contributed by atoms with Crippen molar-refractivity contribution in [1.82, 2.24) is 0 Å². The SMILES string of the molecule is CCCC(C)(C)CC(C)(C)C. The fraction of sp³-hybridized carbons (Fsp3) is 1.00. The third-order valence-corrected chi connectivity index (χ3v) is 1.94. The second-order valence-electron chi connectivity index (χ2n) is 5.65. The van der Waals surface area contributed by atoms with E-state index in [1.54, 1.807) is 0 Å². The lowest BCUT2D eigenvalue weighted by molar-refractivity contribution is 0.198. The van der Waals surface area contributed by atoms with Crippen molar-refractivity contribution in [2.24, 2.45) is 10.8 Å². The molecule has 0 unspecified atom stereocenters. The van der Waals surface area contributed by atoms with E-state index in [0.717, 1.165) is 0 Å². The summed E-state index contributed by atoms with van der Waals surface area (Å²) in [6.07, 6.45) is 3.99. The minimum atomic E-state index is 0.485. The molecule has 0 aromatic rings. The Hall–Kier alpha value is 0. The van der Waals surface area contributed by atoms with Gasteiger partial charge in [-0.1, -0.05) is 48.0 Å². The van der Waals surface area contributed by atoms with Crippen molar-refractivity contribution in [3.05, 3.63) is 0 Å². The van der Waals surface area contributed by atoms with Gasteiger partial charge in [0.1, 0.15) is 0 Å². The van der Waals surface area contributed by atoms with Gasteiger partial charge in [0.25, 0.3) is 0 Å². The first-order chi connectivity index (χ1) is 4.77. The van der Waals surface area contributed by atoms with Gasteiger partial charge in [0.05, 0.1) is 0 Å². The summed E-state index contributed by atoms with van der Waals surface area (Å²) in [5.41, 5.74) is 1.02. The van der Waals surface area contributed by atoms with Gasteiger partial charge in [0.2, 0.25) is 0 Å². The van der Waals surface area contributed by atoms with Crippen molar-refractivity contribution in [1.29, 1.82) is 0 Å². The smallest absolute Gasteiger partial charge is 0.0349 e. The van der Waals surface area contributed by atoms with E-state index in [9.17, 15) is 0 Å². The van der Waals surface area contributed by atoms with E-state index < -0.39 is 0 Å². The molecular formula is C11H24. The Morgan fingerprint density at radius 3 is 1.64 bits per heavy atom. The largest absolute Gasteiger partial charge is 0.0654 e. The minimum absolute atomic E-state index is 0.485. The molecule has 0 aliphatic rings. The normalized spacial score (nSPS) is 13.6. The highest BCUT2D eigenvalue weighted by Crippen LogP contribution is 2.36. The third-order valence-electron chi connectivity index (χ3n) is 1.94. The molecule has 0 aliphatic heterocycles. The molecule has 0 heterocycles. The molecule has 0 saturated carbocycles. The molecule has 0 saturated heterocycles. The van der Waals surface area contributed by atoms with E-state index in [2.05, 4.69) is 41.5 Å². The lowest BCUT2D eigenvalue weighted by Gasteiger charge is -2.32. The molecule has 0 bridgehead atoms. The van der Waals surface area contributed by atoms with Crippen molar-refractivity contribution < 1.29 is 0 Å². The topological polar surface area (TPSA) is 0 Å². The Kier molecular flexibility index (Phi) is 3.60. The van der Waals surface area contributed by atoms with Crippen LogP contribution in [0.15, 0.2) is 0 Å². The van der Waals surface area contributed by atoms with Crippen LogP contribution in [0.25, 0.3) is 0 Å². The lowest BCUT2D eigenvalue weighted by atomic mass is 9.74. The van der Waals surface area contributed by atoms with Crippen molar-refractivity contribution in [2.45, 2.75) is 60.8 Å². The van der Waals surface area contributed by atoms with Crippen LogP contribution in [0.3, 0.4) is 0 Å². The minimum Gasteiger partial charge on any atom is -0.0654 e. The Bertz CT molecular complexity index is 104. The van der Waals surface area contributed by atoms with E-state index in [1.165, 1.54) is 19.3 Å². The maximum Gasteiger partial charge on any atom is -0.0349 e. The predicted molar refractivity (Wildman–Crippen MR) is 52.8 cm³/mol. The van der Waals surface area contributed by atoms with Crippen molar-refractivity contribution in [3.8, 4) is 0 Å². The van der Waals surface area contributed by atoms with Gasteiger partial charge in [-0.15, -0.1) is 0 Å². The first-order valence-corrected chi connectivity index (χ1v) is 4.77. The molecule has 0 aromatic carbocycles. The highest BCUT2D eigenvalue weighted by atomic mass is 14.3. The van der Waals surface area contributed by atoms with Gasteiger partial charge >= 0.3 is 0 Å². The van der Waals surface area contributed by atoms with Crippen LogP contribution in [0.5, 0.6) is 0 Å². The molecule has 0 rings (SSSR count). The molecule has 0 aliphatic carbocycles. The average molecular weight is 156 g/mol. The second kappa shape index (κ2) is 3.60. The third kappa shape index (κ3) is 6.40. The van der Waals surface area contributed by atoms with Gasteiger partial charge in [-0.05, 0) is 23.7 Å². The fourth-order valence-corrected chi connectivity index (χ4v) is 2.20. The van der Waals surface area contributed by atoms with E-state index in [4.69, 9.17) is 0 Å². The van der Waals surface area contributed by atoms with E-state index in [-0.39, 0.29) is 0 Å². The van der Waals surface area contributed by atoms with Crippen LogP contribution in [-0.4, -0.2) is 0 Å². The maximum atomic E-state index is 2.38. The van der Waals surface area contributed by atoms with Gasteiger partial charge in [0, 0.05) is 0 Å². The quantitative estimate of drug-likeness (QED) is 0.573. The second-order valence-corrected chi connectivity index (χ2v) is 5.65. The predicted octanol–water partition coefficient (Wildman–Crippen LogP) is 4.25. The zero-order chi connectivity index (χ0) is 9.12. The molecule has 0 N–H and O–H groups in total. The zero-order valence-electron chi connectivity index (χ0n) is 9.12. The molecular weight excluding hydrogens is 132 g/mol. The number of hydrogen-bond donors (Lipinski definition) is 0. The van der Waals surface area contributed by atoms with E-state index in [1.807, 2.05) is 0 Å². The summed E-state index contributed by atoms with van der Waals surface area (Å²) in [7, 11) is 0. The summed E-state index contributed by atoms with van der Waals surface area (Å²) >= 11 is 0. The molecule has 0 nitrogen and oxygen atoms in total. The first-order valence-electron chi connectivity index (χ1n) is 4.77. The zero-order valence-corrected chi connectivity index (χ0v) is 9.12. The van der Waals surface area contributed by atoms with Crippen LogP contribution in [-0.2, 0) is 0 Å². The standard InChI is InChI=1S/C11H24/c1-7-8-11(5,6)9-10(2,3)4/h7-9H2,1-6H3. The lowest BCUT2D eigenvalue weighted by Crippen LogP contribution is -2.20. The summed E-state index contributed by atoms with van der Waals surface area (Å²) in [5.74, 6) is 0. The highest BCUT2D eigenvalue weighted by molar-refractivity contribution is 4.75. The Labute approximate surface area is 72.4 Å². The van der Waals surface area contributed by atoms with E-state index >= 15 is 0 Å². The molecule has 0 atom stereocenters. The monoisotopic (exact) mass is 156 g/mol. The Balaban J connectivity index is 3.91. The molecule has 0 fully saturated rings. The molecule has 0 amide bonds. The number of hydrogen-bond acceptors (Lipinski definition) is 0. The van der Waals surface area contributed by atoms with Gasteiger partial charge in [-0.3, -0.25) is 0 Å². The molecule has 0 heteroatoms. The highest BCUT2D eigenvalue weighted by Gasteiger charge is 2.23. The van der Waals surface area contributed by atoms with Gasteiger partial charge < -0.3 is 0 Å². The fourth-order valence-electron chi connectivity index (χ4n) is 2.20. The van der Waals surface area contributed by atoms with E-state index in [0.29, 0.717) is 10.8 Å². The summed E-state index contributed by atoms with van der Waals surface area (Å²) < 4.78 is 0. The van der Waals surface area contributed by atoms with Crippen molar-refractivity contribution in [2.75, 3.05) is 0 Å². The van der Waals surface area contributed by atoms with Crippen LogP contribution in [0.4, 0.5) is 0 Å². The molecule has 11 heavy (non-hydrogen) atoms. The Morgan fingerprint density at radius 1 is 0.909 bits per heavy atom. The summed E-state index contributed by atoms with van der Waals surface area (Å²) in [4.78, 5) is 0. The number of rotatable bonds is 3. The summed E-state index contributed by atoms with van der Waals surface area (Å²) in [6, 6.07) is 0. The van der Waals surface area contributed by atoms with Crippen LogP contribution in [0, 0.1) is 10.8 Å². The summed E-state index contributed by atoms with van der Waals surface area (Å²) in [6.45, 7) is 14.0. The molecule has 0 aromatic heterocycles. The van der Waals surface area contributed by atoms with Crippen LogP contribution in [0.1, 0.15) is 60.8 Å². The van der Waals surface area contributed by atoms with Crippen LogP contribution in [0.2, 0.25) is 0 Å². The molecule has 0 radical (unpaired) electrons. The molecule has 0 spiro atoms. The maximum absolute atomic E-state index is 2.38. The van der Waals surface area contributed by atoms with Crippen LogP contribution >= 0.6 is 0 Å². The first kappa shape index (κ1) is 11.0. The average Bonchev–Trinajstić information content (AvgIpc) is 1.55. The van der Waals surface area contributed by atoms with Gasteiger partial charge in [-0.2, -0.15) is 0 Å². The van der Waals surface area contributed by atoms with Crippen LogP contribution < -0.4 is 0 Å². The van der Waals surface area contributed by atoms with Gasteiger partial charge in [-0.25, -0.2) is 0 Å². The molecule has 68 valence electrons. The Morgan fingerprint density at radius 2 is 1.36 bits per heavy atom. The van der Waals surface area contributed by atoms with Crippen molar-refractivity contribution >= 4 is 0 Å².